The fourth-order valence-electron chi connectivity index (χ4n) is 7.10. The number of benzene rings is 1. The van der Waals surface area contributed by atoms with Crippen LogP contribution in [0.15, 0.2) is 18.2 Å². The van der Waals surface area contributed by atoms with Gasteiger partial charge in [0.15, 0.2) is 0 Å². The molecule has 0 aliphatic heterocycles. The molecule has 3 radical (unpaired) electrons. The predicted molar refractivity (Wildman–Crippen MR) is 126 cm³/mol. The van der Waals surface area contributed by atoms with Crippen molar-refractivity contribution in [3.8, 4) is 0 Å². The smallest absolute Gasteiger partial charge is 0.0742 e. The molecule has 1 aromatic carbocycles. The third kappa shape index (κ3) is 4.01. The van der Waals surface area contributed by atoms with Crippen molar-refractivity contribution in [1.29, 1.82) is 0 Å². The van der Waals surface area contributed by atoms with Gasteiger partial charge in [-0.15, -0.1) is 0 Å². The normalized spacial score (nSPS) is 24.7. The van der Waals surface area contributed by atoms with E-state index >= 15 is 0 Å². The molecule has 4 saturated carbocycles. The van der Waals surface area contributed by atoms with Gasteiger partial charge in [-0.3, -0.25) is 0 Å². The van der Waals surface area contributed by atoms with Crippen molar-refractivity contribution < 1.29 is 0 Å². The maximum atomic E-state index is 4.12. The Labute approximate surface area is 181 Å². The second-order valence-corrected chi connectivity index (χ2v) is 10.8. The van der Waals surface area contributed by atoms with Crippen molar-refractivity contribution in [2.24, 2.45) is 0 Å². The van der Waals surface area contributed by atoms with Gasteiger partial charge in [-0.2, -0.15) is 0 Å². The molecule has 0 spiro atoms. The van der Waals surface area contributed by atoms with E-state index in [0.29, 0.717) is 0 Å². The van der Waals surface area contributed by atoms with Gasteiger partial charge in [0, 0.05) is 24.2 Å². The van der Waals surface area contributed by atoms with Crippen molar-refractivity contribution >= 4 is 26.8 Å². The summed E-state index contributed by atoms with van der Waals surface area (Å²) in [6.07, 6.45) is 22.5. The first kappa shape index (κ1) is 20.0. The van der Waals surface area contributed by atoms with Gasteiger partial charge in [0.05, 0.1) is 21.6 Å². The molecule has 0 atom stereocenters. The summed E-state index contributed by atoms with van der Waals surface area (Å²) in [7, 11) is 4.12. The second-order valence-electron chi connectivity index (χ2n) is 10.2. The number of hydrogen-bond acceptors (Lipinski definition) is 2. The lowest BCUT2D eigenvalue weighted by atomic mass is 10.0. The average molecular weight is 408 g/mol. The number of anilines is 2. The van der Waals surface area contributed by atoms with Gasteiger partial charge in [0.2, 0.25) is 0 Å². The summed E-state index contributed by atoms with van der Waals surface area (Å²) in [6.45, 7) is 0. The standard InChI is InChI=1S/C26H39N2Si/c29-25-19-9-18-24(27(20-10-1-2-11-20)21-12-3-4-13-21)26(25)28(22-14-5-6-15-22)23-16-7-8-17-23/h9,18-23H,1-8,10-17H2. The van der Waals surface area contributed by atoms with Gasteiger partial charge in [0.25, 0.3) is 0 Å². The van der Waals surface area contributed by atoms with E-state index in [2.05, 4.69) is 38.2 Å². The number of rotatable bonds is 6. The molecule has 4 aliphatic rings. The molecule has 0 heterocycles. The Hall–Kier alpha value is -0.963. The van der Waals surface area contributed by atoms with Crippen LogP contribution < -0.4 is 15.0 Å². The first-order valence-corrected chi connectivity index (χ1v) is 13.2. The summed E-state index contributed by atoms with van der Waals surface area (Å²) in [4.78, 5) is 5.88. The maximum absolute atomic E-state index is 4.12. The van der Waals surface area contributed by atoms with E-state index in [1.807, 2.05) is 0 Å². The lowest BCUT2D eigenvalue weighted by molar-refractivity contribution is 0.498. The quantitative estimate of drug-likeness (QED) is 0.545. The van der Waals surface area contributed by atoms with E-state index in [1.54, 1.807) is 11.4 Å². The fraction of sp³-hybridized carbons (Fsp3) is 0.769. The Morgan fingerprint density at radius 3 is 1.34 bits per heavy atom. The van der Waals surface area contributed by atoms with Gasteiger partial charge in [-0.25, -0.2) is 0 Å². The average Bonchev–Trinajstić information content (AvgIpc) is 3.54. The van der Waals surface area contributed by atoms with Crippen LogP contribution in [0.2, 0.25) is 0 Å². The van der Waals surface area contributed by atoms with Crippen LogP contribution in [0.5, 0.6) is 0 Å². The molecule has 4 aliphatic carbocycles. The van der Waals surface area contributed by atoms with Crippen molar-refractivity contribution in [2.75, 3.05) is 9.80 Å². The van der Waals surface area contributed by atoms with Crippen molar-refractivity contribution in [3.63, 3.8) is 0 Å². The molecule has 0 bridgehead atoms. The molecular weight excluding hydrogens is 368 g/mol. The molecule has 0 unspecified atom stereocenters. The third-order valence-electron chi connectivity index (χ3n) is 8.42. The highest BCUT2D eigenvalue weighted by molar-refractivity contribution is 6.37. The lowest BCUT2D eigenvalue weighted by Gasteiger charge is -2.44. The summed E-state index contributed by atoms with van der Waals surface area (Å²) in [5.74, 6) is 0. The van der Waals surface area contributed by atoms with Crippen molar-refractivity contribution in [3.05, 3.63) is 18.2 Å². The van der Waals surface area contributed by atoms with E-state index in [4.69, 9.17) is 0 Å². The molecule has 1 aromatic rings. The Morgan fingerprint density at radius 2 is 0.931 bits per heavy atom. The van der Waals surface area contributed by atoms with Crippen LogP contribution in [0, 0.1) is 0 Å². The van der Waals surface area contributed by atoms with Crippen LogP contribution in [0.3, 0.4) is 0 Å². The minimum Gasteiger partial charge on any atom is -0.364 e. The van der Waals surface area contributed by atoms with Crippen LogP contribution in [0.1, 0.15) is 103 Å². The number of hydrogen-bond donors (Lipinski definition) is 0. The van der Waals surface area contributed by atoms with Crippen LogP contribution >= 0.6 is 0 Å². The van der Waals surface area contributed by atoms with Crippen LogP contribution in [0.4, 0.5) is 11.4 Å². The summed E-state index contributed by atoms with van der Waals surface area (Å²) in [6, 6.07) is 10.1. The van der Waals surface area contributed by atoms with E-state index in [0.717, 1.165) is 24.2 Å². The van der Waals surface area contributed by atoms with Crippen LogP contribution in [-0.2, 0) is 0 Å². The first-order valence-electron chi connectivity index (χ1n) is 12.7. The Bertz CT molecular complexity index is 633. The summed E-state index contributed by atoms with van der Waals surface area (Å²) >= 11 is 0. The molecule has 0 aromatic heterocycles. The zero-order valence-corrected chi connectivity index (χ0v) is 19.2. The SMILES string of the molecule is [Si]c1cccc(N(C2CCCC2)C2CCCC2)c1N(C1CCCC1)C1CCCC1. The molecule has 4 fully saturated rings. The molecule has 29 heavy (non-hydrogen) atoms. The lowest BCUT2D eigenvalue weighted by Crippen LogP contribution is -2.47. The van der Waals surface area contributed by atoms with Crippen molar-refractivity contribution in [2.45, 2.75) is 127 Å². The highest BCUT2D eigenvalue weighted by Gasteiger charge is 2.37. The van der Waals surface area contributed by atoms with E-state index in [-0.39, 0.29) is 0 Å². The Morgan fingerprint density at radius 1 is 0.552 bits per heavy atom. The van der Waals surface area contributed by atoms with Gasteiger partial charge in [0.1, 0.15) is 0 Å². The second kappa shape index (κ2) is 9.04. The van der Waals surface area contributed by atoms with Crippen LogP contribution in [-0.4, -0.2) is 34.4 Å². The van der Waals surface area contributed by atoms with Gasteiger partial charge in [-0.05, 0) is 62.6 Å². The molecule has 2 nitrogen and oxygen atoms in total. The van der Waals surface area contributed by atoms with Crippen molar-refractivity contribution in [1.82, 2.24) is 0 Å². The van der Waals surface area contributed by atoms with Crippen LogP contribution in [0.25, 0.3) is 0 Å². The highest BCUT2D eigenvalue weighted by Crippen LogP contribution is 2.43. The molecule has 3 heteroatoms. The molecule has 5 rings (SSSR count). The molecule has 0 amide bonds. The summed E-state index contributed by atoms with van der Waals surface area (Å²) in [5.41, 5.74) is 3.12. The predicted octanol–water partition coefficient (Wildman–Crippen LogP) is 5.86. The van der Waals surface area contributed by atoms with E-state index in [9.17, 15) is 0 Å². The van der Waals surface area contributed by atoms with Gasteiger partial charge < -0.3 is 9.80 Å². The maximum Gasteiger partial charge on any atom is 0.0742 e. The minimum atomic E-state index is 0.753. The summed E-state index contributed by atoms with van der Waals surface area (Å²) < 4.78 is 0. The molecule has 0 N–H and O–H groups in total. The Kier molecular flexibility index (Phi) is 6.22. The summed E-state index contributed by atoms with van der Waals surface area (Å²) in [5, 5.41) is 1.34. The molecule has 0 saturated heterocycles. The number of nitrogens with zero attached hydrogens (tertiary/aromatic N) is 2. The third-order valence-corrected chi connectivity index (χ3v) is 8.83. The van der Waals surface area contributed by atoms with Gasteiger partial charge in [-0.1, -0.05) is 63.5 Å². The zero-order chi connectivity index (χ0) is 19.6. The minimum absolute atomic E-state index is 0.753. The zero-order valence-electron chi connectivity index (χ0n) is 18.2. The topological polar surface area (TPSA) is 6.48 Å². The molecule has 157 valence electrons. The monoisotopic (exact) mass is 407 g/mol. The van der Waals surface area contributed by atoms with E-state index in [1.165, 1.54) is 108 Å². The van der Waals surface area contributed by atoms with Gasteiger partial charge >= 0.3 is 0 Å². The fourth-order valence-corrected chi connectivity index (χ4v) is 7.45. The first-order chi connectivity index (χ1) is 14.3. The largest absolute Gasteiger partial charge is 0.364 e. The Balaban J connectivity index is 1.58. The molecular formula is C26H39N2Si. The number of para-hydroxylation sites is 1. The van der Waals surface area contributed by atoms with E-state index < -0.39 is 0 Å². The highest BCUT2D eigenvalue weighted by atomic mass is 28.1.